The van der Waals surface area contributed by atoms with E-state index in [0.29, 0.717) is 0 Å². The number of ether oxygens (including phenoxy) is 1. The molecule has 2 nitrogen and oxygen atoms in total. The summed E-state index contributed by atoms with van der Waals surface area (Å²) in [5.74, 6) is 1.03. The molecule has 0 bridgehead atoms. The van der Waals surface area contributed by atoms with Gasteiger partial charge in [-0.05, 0) is 61.2 Å². The summed E-state index contributed by atoms with van der Waals surface area (Å²) in [4.78, 5) is 0. The summed E-state index contributed by atoms with van der Waals surface area (Å²) in [6.45, 7) is 6.23. The van der Waals surface area contributed by atoms with Crippen LogP contribution in [-0.2, 0) is 0 Å². The van der Waals surface area contributed by atoms with Crippen LogP contribution in [0.15, 0.2) is 30.3 Å². The summed E-state index contributed by atoms with van der Waals surface area (Å²) in [7, 11) is 1.63. The molecule has 18 heavy (non-hydrogen) atoms. The number of aromatic hydroxyl groups is 1. The van der Waals surface area contributed by atoms with E-state index in [9.17, 15) is 5.11 Å². The van der Waals surface area contributed by atoms with E-state index < -0.39 is 0 Å². The Kier molecular flexibility index (Phi) is 3.28. The van der Waals surface area contributed by atoms with Crippen molar-refractivity contribution in [2.75, 3.05) is 7.11 Å². The van der Waals surface area contributed by atoms with Crippen molar-refractivity contribution in [2.24, 2.45) is 0 Å². The van der Waals surface area contributed by atoms with Crippen LogP contribution in [0.1, 0.15) is 16.7 Å². The van der Waals surface area contributed by atoms with Gasteiger partial charge in [-0.3, -0.25) is 0 Å². The number of aryl methyl sites for hydroxylation is 3. The second kappa shape index (κ2) is 4.73. The van der Waals surface area contributed by atoms with E-state index in [1.54, 1.807) is 19.2 Å². The summed E-state index contributed by atoms with van der Waals surface area (Å²) >= 11 is 0. The normalized spacial score (nSPS) is 10.4. The lowest BCUT2D eigenvalue weighted by molar-refractivity contribution is 0.412. The van der Waals surface area contributed by atoms with Gasteiger partial charge in [0.05, 0.1) is 7.11 Å². The Morgan fingerprint density at radius 2 is 1.50 bits per heavy atom. The number of phenols is 1. The number of phenolic OH excluding ortho intramolecular Hbond substituents is 1. The Bertz CT molecular complexity index is 586. The fourth-order valence-electron chi connectivity index (χ4n) is 2.11. The molecule has 94 valence electrons. The average molecular weight is 242 g/mol. The molecule has 2 aromatic carbocycles. The summed E-state index contributed by atoms with van der Waals surface area (Å²) in [5, 5.41) is 10.0. The predicted molar refractivity (Wildman–Crippen MR) is 74.3 cm³/mol. The molecule has 0 unspecified atom stereocenters. The first-order valence-corrected chi connectivity index (χ1v) is 5.98. The summed E-state index contributed by atoms with van der Waals surface area (Å²) in [5.41, 5.74) is 5.50. The van der Waals surface area contributed by atoms with E-state index in [1.165, 1.54) is 11.1 Å². The third-order valence-electron chi connectivity index (χ3n) is 3.33. The van der Waals surface area contributed by atoms with Gasteiger partial charge >= 0.3 is 0 Å². The van der Waals surface area contributed by atoms with Crippen molar-refractivity contribution in [1.29, 1.82) is 0 Å². The van der Waals surface area contributed by atoms with E-state index in [-0.39, 0.29) is 5.75 Å². The minimum Gasteiger partial charge on any atom is -0.507 e. The first-order valence-electron chi connectivity index (χ1n) is 5.98. The van der Waals surface area contributed by atoms with Crippen LogP contribution >= 0.6 is 0 Å². The van der Waals surface area contributed by atoms with Crippen LogP contribution in [0, 0.1) is 20.8 Å². The first-order chi connectivity index (χ1) is 8.52. The average Bonchev–Trinajstić information content (AvgIpc) is 2.35. The van der Waals surface area contributed by atoms with Gasteiger partial charge in [0, 0.05) is 5.56 Å². The number of hydrogen-bond acceptors (Lipinski definition) is 2. The highest BCUT2D eigenvalue weighted by molar-refractivity contribution is 5.75. The maximum atomic E-state index is 10.0. The van der Waals surface area contributed by atoms with E-state index in [4.69, 9.17) is 4.74 Å². The van der Waals surface area contributed by atoms with Crippen molar-refractivity contribution < 1.29 is 9.84 Å². The highest BCUT2D eigenvalue weighted by Crippen LogP contribution is 2.35. The largest absolute Gasteiger partial charge is 0.507 e. The Labute approximate surface area is 108 Å². The fourth-order valence-corrected chi connectivity index (χ4v) is 2.11. The molecule has 0 atom stereocenters. The van der Waals surface area contributed by atoms with E-state index in [1.807, 2.05) is 6.07 Å². The maximum Gasteiger partial charge on any atom is 0.123 e. The molecule has 2 rings (SSSR count). The molecule has 0 heterocycles. The SMILES string of the molecule is COc1ccc(O)c(-c2cc(C)c(C)cc2C)c1. The van der Waals surface area contributed by atoms with Gasteiger partial charge in [0.25, 0.3) is 0 Å². The Morgan fingerprint density at radius 1 is 0.833 bits per heavy atom. The van der Waals surface area contributed by atoms with Crippen LogP contribution in [0.4, 0.5) is 0 Å². The van der Waals surface area contributed by atoms with Crippen LogP contribution in [0.5, 0.6) is 11.5 Å². The third-order valence-corrected chi connectivity index (χ3v) is 3.33. The molecule has 0 radical (unpaired) electrons. The van der Waals surface area contributed by atoms with Gasteiger partial charge in [0.15, 0.2) is 0 Å². The van der Waals surface area contributed by atoms with Gasteiger partial charge in [0.1, 0.15) is 11.5 Å². The zero-order valence-electron chi connectivity index (χ0n) is 11.2. The Morgan fingerprint density at radius 3 is 2.17 bits per heavy atom. The minimum absolute atomic E-state index is 0.280. The molecule has 2 aromatic rings. The third kappa shape index (κ3) is 2.19. The summed E-state index contributed by atoms with van der Waals surface area (Å²) in [6, 6.07) is 9.55. The van der Waals surface area contributed by atoms with Crippen molar-refractivity contribution in [1.82, 2.24) is 0 Å². The summed E-state index contributed by atoms with van der Waals surface area (Å²) < 4.78 is 5.21. The molecular formula is C16H18O2. The maximum absolute atomic E-state index is 10.0. The lowest BCUT2D eigenvalue weighted by Crippen LogP contribution is -1.90. The lowest BCUT2D eigenvalue weighted by Gasteiger charge is -2.12. The molecule has 0 spiro atoms. The van der Waals surface area contributed by atoms with Crippen LogP contribution < -0.4 is 4.74 Å². The number of rotatable bonds is 2. The van der Waals surface area contributed by atoms with Gasteiger partial charge in [-0.1, -0.05) is 12.1 Å². The smallest absolute Gasteiger partial charge is 0.123 e. The molecule has 0 aromatic heterocycles. The lowest BCUT2D eigenvalue weighted by atomic mass is 9.95. The molecule has 0 aliphatic rings. The first kappa shape index (κ1) is 12.5. The number of methoxy groups -OCH3 is 1. The molecule has 0 saturated heterocycles. The number of benzene rings is 2. The Balaban J connectivity index is 2.64. The topological polar surface area (TPSA) is 29.5 Å². The van der Waals surface area contributed by atoms with E-state index >= 15 is 0 Å². The van der Waals surface area contributed by atoms with Crippen molar-refractivity contribution in [2.45, 2.75) is 20.8 Å². The van der Waals surface area contributed by atoms with Crippen LogP contribution in [0.25, 0.3) is 11.1 Å². The van der Waals surface area contributed by atoms with Crippen molar-refractivity contribution >= 4 is 0 Å². The zero-order valence-corrected chi connectivity index (χ0v) is 11.2. The van der Waals surface area contributed by atoms with Gasteiger partial charge in [-0.15, -0.1) is 0 Å². The van der Waals surface area contributed by atoms with Gasteiger partial charge in [-0.25, -0.2) is 0 Å². The van der Waals surface area contributed by atoms with Gasteiger partial charge < -0.3 is 9.84 Å². The fraction of sp³-hybridized carbons (Fsp3) is 0.250. The molecule has 2 heteroatoms. The number of hydrogen-bond donors (Lipinski definition) is 1. The van der Waals surface area contributed by atoms with Crippen molar-refractivity contribution in [3.63, 3.8) is 0 Å². The predicted octanol–water partition coefficient (Wildman–Crippen LogP) is 3.99. The second-order valence-corrected chi connectivity index (χ2v) is 4.63. The molecule has 0 fully saturated rings. The molecule has 0 aliphatic carbocycles. The van der Waals surface area contributed by atoms with E-state index in [2.05, 4.69) is 32.9 Å². The standard InChI is InChI=1S/C16H18O2/c1-10-7-12(3)14(8-11(10)2)15-9-13(18-4)5-6-16(15)17/h5-9,17H,1-4H3. The van der Waals surface area contributed by atoms with Crippen LogP contribution in [0.2, 0.25) is 0 Å². The Hall–Kier alpha value is -1.96. The highest BCUT2D eigenvalue weighted by atomic mass is 16.5. The molecular weight excluding hydrogens is 224 g/mol. The van der Waals surface area contributed by atoms with Crippen molar-refractivity contribution in [3.8, 4) is 22.6 Å². The monoisotopic (exact) mass is 242 g/mol. The minimum atomic E-state index is 0.280. The zero-order chi connectivity index (χ0) is 13.3. The molecule has 1 N–H and O–H groups in total. The van der Waals surface area contributed by atoms with Crippen LogP contribution in [0.3, 0.4) is 0 Å². The summed E-state index contributed by atoms with van der Waals surface area (Å²) in [6.07, 6.45) is 0. The van der Waals surface area contributed by atoms with Gasteiger partial charge in [0.2, 0.25) is 0 Å². The quantitative estimate of drug-likeness (QED) is 0.862. The molecule has 0 aliphatic heterocycles. The molecule has 0 amide bonds. The highest BCUT2D eigenvalue weighted by Gasteiger charge is 2.10. The van der Waals surface area contributed by atoms with E-state index in [0.717, 1.165) is 22.4 Å². The molecule has 0 saturated carbocycles. The second-order valence-electron chi connectivity index (χ2n) is 4.63. The van der Waals surface area contributed by atoms with Gasteiger partial charge in [-0.2, -0.15) is 0 Å². The van der Waals surface area contributed by atoms with Crippen molar-refractivity contribution in [3.05, 3.63) is 47.0 Å². The van der Waals surface area contributed by atoms with Crippen LogP contribution in [-0.4, -0.2) is 12.2 Å².